The van der Waals surface area contributed by atoms with Gasteiger partial charge in [-0.05, 0) is 52.9 Å². The Morgan fingerprint density at radius 1 is 0.724 bits per heavy atom. The second-order valence-electron chi connectivity index (χ2n) is 8.25. The van der Waals surface area contributed by atoms with Gasteiger partial charge in [-0.3, -0.25) is 9.59 Å². The number of carbonyl (C=O) groups is 2. The van der Waals surface area contributed by atoms with Gasteiger partial charge in [0.25, 0.3) is 0 Å². The van der Waals surface area contributed by atoms with Crippen LogP contribution in [0.1, 0.15) is 39.7 Å². The minimum absolute atomic E-state index is 0.101. The monoisotopic (exact) mass is 381 g/mol. The Labute approximate surface area is 168 Å². The molecule has 0 aromatic heterocycles. The van der Waals surface area contributed by atoms with Gasteiger partial charge in [0.05, 0.1) is 17.5 Å². The Balaban J connectivity index is 1.57. The highest BCUT2D eigenvalue weighted by atomic mass is 16.3. The molecule has 2 atom stereocenters. The third-order valence-electron chi connectivity index (χ3n) is 6.87. The summed E-state index contributed by atoms with van der Waals surface area (Å²) in [5.41, 5.74) is 5.96. The molecule has 3 aromatic carbocycles. The average Bonchev–Trinajstić information content (AvgIpc) is 2.99. The first-order valence-corrected chi connectivity index (χ1v) is 9.93. The van der Waals surface area contributed by atoms with Crippen LogP contribution in [0.2, 0.25) is 0 Å². The van der Waals surface area contributed by atoms with Crippen LogP contribution in [0.3, 0.4) is 0 Å². The normalized spacial score (nSPS) is 26.3. The second-order valence-corrected chi connectivity index (χ2v) is 8.25. The van der Waals surface area contributed by atoms with Crippen LogP contribution in [0.25, 0.3) is 0 Å². The molecule has 0 saturated carbocycles. The fraction of sp³-hybridized carbons (Fsp3) is 0.200. The van der Waals surface area contributed by atoms with E-state index in [1.807, 2.05) is 31.2 Å². The van der Waals surface area contributed by atoms with Gasteiger partial charge < -0.3 is 5.11 Å². The maximum absolute atomic E-state index is 13.6. The summed E-state index contributed by atoms with van der Waals surface area (Å²) in [7, 11) is 0. The standard InChI is InChI=1S/C25H19NO3/c1-13-12-14(27)10-11-19(13)26-24(28)22-20-15-6-2-3-7-16(15)21(23(22)25(26)29)18-9-5-4-8-17(18)20/h2-12,20-23,27H,1H3/t20?,21?,22-,23-/m1/s1. The van der Waals surface area contributed by atoms with Crippen LogP contribution in [0, 0.1) is 18.8 Å². The van der Waals surface area contributed by atoms with Gasteiger partial charge in [0, 0.05) is 11.8 Å². The molecule has 0 unspecified atom stereocenters. The summed E-state index contributed by atoms with van der Waals surface area (Å²) < 4.78 is 0. The zero-order valence-corrected chi connectivity index (χ0v) is 15.9. The van der Waals surface area contributed by atoms with Gasteiger partial charge in [-0.1, -0.05) is 48.5 Å². The summed E-state index contributed by atoms with van der Waals surface area (Å²) in [6, 6.07) is 21.3. The van der Waals surface area contributed by atoms with E-state index in [0.29, 0.717) is 11.3 Å². The van der Waals surface area contributed by atoms with Crippen LogP contribution in [-0.2, 0) is 9.59 Å². The quantitative estimate of drug-likeness (QED) is 0.646. The molecular formula is C25H19NO3. The van der Waals surface area contributed by atoms with E-state index in [1.165, 1.54) is 33.2 Å². The lowest BCUT2D eigenvalue weighted by atomic mass is 9.55. The molecular weight excluding hydrogens is 362 g/mol. The lowest BCUT2D eigenvalue weighted by Gasteiger charge is -2.45. The third-order valence-corrected chi connectivity index (χ3v) is 6.87. The van der Waals surface area contributed by atoms with Crippen LogP contribution in [0.5, 0.6) is 5.75 Å². The Morgan fingerprint density at radius 2 is 1.17 bits per heavy atom. The van der Waals surface area contributed by atoms with Gasteiger partial charge in [-0.15, -0.1) is 0 Å². The Kier molecular flexibility index (Phi) is 3.18. The Bertz CT molecular complexity index is 1100. The number of anilines is 1. The number of phenolic OH excluding ortho intramolecular Hbond substituents is 1. The van der Waals surface area contributed by atoms with Gasteiger partial charge in [0.2, 0.25) is 11.8 Å². The van der Waals surface area contributed by atoms with Crippen molar-refractivity contribution in [2.45, 2.75) is 18.8 Å². The van der Waals surface area contributed by atoms with Crippen LogP contribution in [0.4, 0.5) is 5.69 Å². The van der Waals surface area contributed by atoms with Crippen molar-refractivity contribution in [1.29, 1.82) is 0 Å². The Morgan fingerprint density at radius 3 is 1.59 bits per heavy atom. The summed E-state index contributed by atoms with van der Waals surface area (Å²) >= 11 is 0. The van der Waals surface area contributed by atoms with Crippen molar-refractivity contribution in [3.63, 3.8) is 0 Å². The number of hydrogen-bond donors (Lipinski definition) is 1. The zero-order valence-electron chi connectivity index (χ0n) is 15.9. The molecule has 4 heteroatoms. The number of rotatable bonds is 1. The highest BCUT2D eigenvalue weighted by Gasteiger charge is 2.61. The number of nitrogens with zero attached hydrogens (tertiary/aromatic N) is 1. The number of aromatic hydroxyl groups is 1. The van der Waals surface area contributed by atoms with Crippen molar-refractivity contribution in [3.8, 4) is 5.75 Å². The molecule has 3 aromatic rings. The van der Waals surface area contributed by atoms with E-state index in [9.17, 15) is 14.7 Å². The first-order chi connectivity index (χ1) is 14.1. The number of benzene rings is 3. The molecule has 7 rings (SSSR count). The van der Waals surface area contributed by atoms with E-state index in [0.717, 1.165) is 0 Å². The largest absolute Gasteiger partial charge is 0.508 e. The molecule has 1 heterocycles. The van der Waals surface area contributed by atoms with Gasteiger partial charge >= 0.3 is 0 Å². The minimum Gasteiger partial charge on any atom is -0.508 e. The number of hydrogen-bond acceptors (Lipinski definition) is 3. The molecule has 1 fully saturated rings. The van der Waals surface area contributed by atoms with E-state index in [4.69, 9.17) is 0 Å². The third kappa shape index (κ3) is 1.98. The lowest BCUT2D eigenvalue weighted by Crippen LogP contribution is -2.41. The smallest absolute Gasteiger partial charge is 0.238 e. The van der Waals surface area contributed by atoms with Crippen molar-refractivity contribution < 1.29 is 14.7 Å². The first-order valence-electron chi connectivity index (χ1n) is 9.93. The topological polar surface area (TPSA) is 57.6 Å². The van der Waals surface area contributed by atoms with Crippen LogP contribution < -0.4 is 4.90 Å². The number of phenols is 1. The summed E-state index contributed by atoms with van der Waals surface area (Å²) in [5.74, 6) is -1.10. The summed E-state index contributed by atoms with van der Waals surface area (Å²) in [6.07, 6.45) is 0. The van der Waals surface area contributed by atoms with E-state index >= 15 is 0 Å². The van der Waals surface area contributed by atoms with Crippen molar-refractivity contribution >= 4 is 17.5 Å². The summed E-state index contributed by atoms with van der Waals surface area (Å²) in [4.78, 5) is 28.6. The van der Waals surface area contributed by atoms with E-state index in [-0.39, 0.29) is 41.2 Å². The fourth-order valence-electron chi connectivity index (χ4n) is 5.81. The molecule has 0 radical (unpaired) electrons. The van der Waals surface area contributed by atoms with E-state index in [1.54, 1.807) is 12.1 Å². The van der Waals surface area contributed by atoms with Gasteiger partial charge in [0.1, 0.15) is 5.75 Å². The summed E-state index contributed by atoms with van der Waals surface area (Å²) in [5, 5.41) is 9.76. The molecule has 2 amide bonds. The van der Waals surface area contributed by atoms with Gasteiger partial charge in [-0.25, -0.2) is 4.90 Å². The van der Waals surface area contributed by atoms with Gasteiger partial charge in [0.15, 0.2) is 0 Å². The van der Waals surface area contributed by atoms with Crippen molar-refractivity contribution in [1.82, 2.24) is 0 Å². The Hall–Kier alpha value is -3.40. The highest BCUT2D eigenvalue weighted by molar-refractivity contribution is 6.23. The fourth-order valence-corrected chi connectivity index (χ4v) is 5.81. The lowest BCUT2D eigenvalue weighted by molar-refractivity contribution is -0.122. The number of amides is 2. The SMILES string of the molecule is Cc1cc(O)ccc1N1C(=O)[C@@H]2C3c4ccccc4C(c4ccccc43)[C@H]2C1=O. The van der Waals surface area contributed by atoms with Gasteiger partial charge in [-0.2, -0.15) is 0 Å². The van der Waals surface area contributed by atoms with E-state index < -0.39 is 0 Å². The maximum atomic E-state index is 13.6. The number of imide groups is 1. The van der Waals surface area contributed by atoms with Crippen LogP contribution >= 0.6 is 0 Å². The average molecular weight is 381 g/mol. The van der Waals surface area contributed by atoms with Crippen LogP contribution in [0.15, 0.2) is 66.7 Å². The van der Waals surface area contributed by atoms with E-state index in [2.05, 4.69) is 24.3 Å². The van der Waals surface area contributed by atoms with Crippen molar-refractivity contribution in [3.05, 3.63) is 94.5 Å². The molecule has 2 bridgehead atoms. The first kappa shape index (κ1) is 16.5. The molecule has 29 heavy (non-hydrogen) atoms. The van der Waals surface area contributed by atoms with Crippen molar-refractivity contribution in [2.24, 2.45) is 11.8 Å². The molecule has 0 spiro atoms. The number of aryl methyl sites for hydroxylation is 1. The second kappa shape index (κ2) is 5.57. The minimum atomic E-state index is -0.384. The van der Waals surface area contributed by atoms with Crippen LogP contribution in [-0.4, -0.2) is 16.9 Å². The number of carbonyl (C=O) groups excluding carboxylic acids is 2. The predicted octanol–water partition coefficient (Wildman–Crippen LogP) is 4.10. The molecule has 142 valence electrons. The molecule has 1 aliphatic heterocycles. The molecule has 3 aliphatic carbocycles. The molecule has 1 saturated heterocycles. The maximum Gasteiger partial charge on any atom is 0.238 e. The molecule has 4 nitrogen and oxygen atoms in total. The highest BCUT2D eigenvalue weighted by Crippen LogP contribution is 2.61. The molecule has 4 aliphatic rings. The zero-order chi connectivity index (χ0) is 19.9. The predicted molar refractivity (Wildman–Crippen MR) is 109 cm³/mol. The summed E-state index contributed by atoms with van der Waals surface area (Å²) in [6.45, 7) is 1.82. The van der Waals surface area contributed by atoms with Crippen molar-refractivity contribution in [2.75, 3.05) is 4.90 Å². The molecule has 1 N–H and O–H groups in total.